The summed E-state index contributed by atoms with van der Waals surface area (Å²) < 4.78 is 12.8. The minimum Gasteiger partial charge on any atom is -0.391 e. The zero-order chi connectivity index (χ0) is 15.1. The summed E-state index contributed by atoms with van der Waals surface area (Å²) in [6.45, 7) is 6.54. The van der Waals surface area contributed by atoms with Crippen molar-refractivity contribution in [2.24, 2.45) is 0 Å². The monoisotopic (exact) mass is 296 g/mol. The van der Waals surface area contributed by atoms with Crippen molar-refractivity contribution < 1.29 is 24.1 Å². The number of Topliss-reactive ketones (excluding diaryl/α,β-unsaturated/α-hetero) is 1. The lowest BCUT2D eigenvalue weighted by molar-refractivity contribution is -1.01. The highest BCUT2D eigenvalue weighted by molar-refractivity contribution is 5.95. The number of carbonyl (C=O) groups excluding carboxylic acids is 1. The third-order valence-electron chi connectivity index (χ3n) is 4.23. The van der Waals surface area contributed by atoms with E-state index < -0.39 is 0 Å². The fourth-order valence-electron chi connectivity index (χ4n) is 2.89. The highest BCUT2D eigenvalue weighted by atomic mass is 19.1. The first kappa shape index (κ1) is 16.1. The molecule has 0 bridgehead atoms. The van der Waals surface area contributed by atoms with Crippen LogP contribution in [-0.2, 0) is 0 Å². The molecule has 0 aliphatic carbocycles. The molecular weight excluding hydrogens is 271 g/mol. The fraction of sp³-hybridized carbons (Fsp3) is 0.562. The average Bonchev–Trinajstić information content (AvgIpc) is 2.50. The van der Waals surface area contributed by atoms with Gasteiger partial charge in [-0.05, 0) is 24.3 Å². The van der Waals surface area contributed by atoms with Gasteiger partial charge < -0.3 is 14.9 Å². The van der Waals surface area contributed by atoms with E-state index in [0.29, 0.717) is 12.0 Å². The summed E-state index contributed by atoms with van der Waals surface area (Å²) in [5.41, 5.74) is 0.601. The molecule has 0 atom stereocenters. The first-order valence-corrected chi connectivity index (χ1v) is 7.76. The molecule has 1 aromatic carbocycles. The van der Waals surface area contributed by atoms with Gasteiger partial charge in [0.15, 0.2) is 5.78 Å². The molecule has 0 unspecified atom stereocenters. The Morgan fingerprint density at radius 2 is 1.62 bits per heavy atom. The molecule has 0 saturated carbocycles. The van der Waals surface area contributed by atoms with Gasteiger partial charge in [-0.3, -0.25) is 4.79 Å². The number of hydrogen-bond donors (Lipinski definition) is 3. The Bertz CT molecular complexity index is 442. The summed E-state index contributed by atoms with van der Waals surface area (Å²) >= 11 is 0. The van der Waals surface area contributed by atoms with E-state index in [1.165, 1.54) is 17.0 Å². The van der Waals surface area contributed by atoms with Crippen molar-refractivity contribution in [2.45, 2.75) is 12.8 Å². The van der Waals surface area contributed by atoms with Crippen LogP contribution in [0.1, 0.15) is 23.2 Å². The van der Waals surface area contributed by atoms with E-state index in [4.69, 9.17) is 5.11 Å². The molecule has 1 aliphatic heterocycles. The standard InChI is InChI=1S/C16H23FN2O2/c17-15-5-3-14(4-6-15)16(21)2-1-7-18-8-10-19(11-9-18)12-13-20/h3-6,20H,1-2,7-13H2/p+2. The second kappa shape index (κ2) is 8.22. The number of piperazine rings is 1. The average molecular weight is 296 g/mol. The van der Waals surface area contributed by atoms with Gasteiger partial charge in [0.1, 0.15) is 38.5 Å². The zero-order valence-electron chi connectivity index (χ0n) is 12.4. The summed E-state index contributed by atoms with van der Waals surface area (Å²) in [5.74, 6) is -0.210. The number of aliphatic hydroxyl groups is 1. The molecular formula is C16H25FN2O2+2. The topological polar surface area (TPSA) is 46.2 Å². The van der Waals surface area contributed by atoms with Crippen molar-refractivity contribution in [1.29, 1.82) is 0 Å². The number of nitrogens with one attached hydrogen (secondary N) is 2. The van der Waals surface area contributed by atoms with Gasteiger partial charge in [-0.2, -0.15) is 0 Å². The molecule has 0 aromatic heterocycles. The maximum absolute atomic E-state index is 12.8. The van der Waals surface area contributed by atoms with Gasteiger partial charge in [-0.1, -0.05) is 0 Å². The molecule has 5 heteroatoms. The quantitative estimate of drug-likeness (QED) is 0.540. The number of halogens is 1. The number of aliphatic hydroxyl groups excluding tert-OH is 1. The van der Waals surface area contributed by atoms with Crippen molar-refractivity contribution in [3.05, 3.63) is 35.6 Å². The summed E-state index contributed by atoms with van der Waals surface area (Å²) in [6, 6.07) is 5.78. The Kier molecular flexibility index (Phi) is 6.29. The van der Waals surface area contributed by atoms with E-state index in [1.54, 1.807) is 17.0 Å². The Balaban J connectivity index is 1.66. The maximum atomic E-state index is 12.8. The van der Waals surface area contributed by atoms with E-state index in [2.05, 4.69) is 0 Å². The third-order valence-corrected chi connectivity index (χ3v) is 4.23. The first-order chi connectivity index (χ1) is 10.2. The number of ketones is 1. The highest BCUT2D eigenvalue weighted by Gasteiger charge is 2.22. The number of hydrogen-bond acceptors (Lipinski definition) is 2. The van der Waals surface area contributed by atoms with Crippen molar-refractivity contribution >= 4 is 5.78 Å². The molecule has 0 radical (unpaired) electrons. The third kappa shape index (κ3) is 5.19. The van der Waals surface area contributed by atoms with Crippen LogP contribution in [0.15, 0.2) is 24.3 Å². The number of benzene rings is 1. The van der Waals surface area contributed by atoms with Crippen molar-refractivity contribution in [3.63, 3.8) is 0 Å². The molecule has 1 aromatic rings. The van der Waals surface area contributed by atoms with Crippen LogP contribution in [0.5, 0.6) is 0 Å². The molecule has 0 amide bonds. The SMILES string of the molecule is O=C(CCC[NH+]1CC[NH+](CCO)CC1)c1ccc(F)cc1. The van der Waals surface area contributed by atoms with Gasteiger partial charge in [0.05, 0.1) is 13.2 Å². The predicted octanol–water partition coefficient (Wildman–Crippen LogP) is -1.44. The Morgan fingerprint density at radius 3 is 2.19 bits per heavy atom. The van der Waals surface area contributed by atoms with Gasteiger partial charge in [-0.25, -0.2) is 4.39 Å². The summed E-state index contributed by atoms with van der Waals surface area (Å²) in [7, 11) is 0. The molecule has 1 heterocycles. The van der Waals surface area contributed by atoms with Crippen LogP contribution in [-0.4, -0.2) is 56.8 Å². The Hall–Kier alpha value is -1.30. The molecule has 116 valence electrons. The smallest absolute Gasteiger partial charge is 0.163 e. The molecule has 2 rings (SSSR count). The zero-order valence-corrected chi connectivity index (χ0v) is 12.4. The predicted molar refractivity (Wildman–Crippen MR) is 78.2 cm³/mol. The summed E-state index contributed by atoms with van der Waals surface area (Å²) in [5, 5.41) is 8.92. The molecule has 1 saturated heterocycles. The van der Waals surface area contributed by atoms with Gasteiger partial charge in [0.25, 0.3) is 0 Å². The second-order valence-electron chi connectivity index (χ2n) is 5.76. The van der Waals surface area contributed by atoms with Crippen LogP contribution >= 0.6 is 0 Å². The summed E-state index contributed by atoms with van der Waals surface area (Å²) in [4.78, 5) is 15.0. The molecule has 0 spiro atoms. The minimum atomic E-state index is -0.306. The van der Waals surface area contributed by atoms with Gasteiger partial charge in [0.2, 0.25) is 0 Å². The van der Waals surface area contributed by atoms with E-state index in [1.807, 2.05) is 0 Å². The van der Waals surface area contributed by atoms with Gasteiger partial charge >= 0.3 is 0 Å². The normalized spacial score (nSPS) is 22.2. The van der Waals surface area contributed by atoms with Gasteiger partial charge in [-0.15, -0.1) is 0 Å². The van der Waals surface area contributed by atoms with Gasteiger partial charge in [0, 0.05) is 18.4 Å². The van der Waals surface area contributed by atoms with Crippen LogP contribution in [0.3, 0.4) is 0 Å². The summed E-state index contributed by atoms with van der Waals surface area (Å²) in [6.07, 6.45) is 1.41. The van der Waals surface area contributed by atoms with E-state index >= 15 is 0 Å². The molecule has 4 nitrogen and oxygen atoms in total. The van der Waals surface area contributed by atoms with E-state index in [-0.39, 0.29) is 18.2 Å². The number of rotatable bonds is 7. The van der Waals surface area contributed by atoms with Crippen LogP contribution < -0.4 is 9.80 Å². The van der Waals surface area contributed by atoms with Crippen LogP contribution in [0, 0.1) is 5.82 Å². The van der Waals surface area contributed by atoms with Crippen LogP contribution in [0.2, 0.25) is 0 Å². The first-order valence-electron chi connectivity index (χ1n) is 7.76. The van der Waals surface area contributed by atoms with Crippen molar-refractivity contribution in [2.75, 3.05) is 45.9 Å². The Labute approximate surface area is 125 Å². The lowest BCUT2D eigenvalue weighted by Gasteiger charge is -2.29. The van der Waals surface area contributed by atoms with Crippen LogP contribution in [0.25, 0.3) is 0 Å². The Morgan fingerprint density at radius 1 is 1.05 bits per heavy atom. The van der Waals surface area contributed by atoms with Crippen molar-refractivity contribution in [1.82, 2.24) is 0 Å². The maximum Gasteiger partial charge on any atom is 0.163 e. The van der Waals surface area contributed by atoms with Crippen LogP contribution in [0.4, 0.5) is 4.39 Å². The lowest BCUT2D eigenvalue weighted by atomic mass is 10.1. The molecule has 21 heavy (non-hydrogen) atoms. The highest BCUT2D eigenvalue weighted by Crippen LogP contribution is 2.06. The number of quaternary nitrogens is 2. The largest absolute Gasteiger partial charge is 0.391 e. The van der Waals surface area contributed by atoms with E-state index in [9.17, 15) is 9.18 Å². The molecule has 3 N–H and O–H groups in total. The van der Waals surface area contributed by atoms with Crippen molar-refractivity contribution in [3.8, 4) is 0 Å². The fourth-order valence-corrected chi connectivity index (χ4v) is 2.89. The lowest BCUT2D eigenvalue weighted by Crippen LogP contribution is -3.28. The number of carbonyl (C=O) groups is 1. The minimum absolute atomic E-state index is 0.0962. The molecule has 1 fully saturated rings. The molecule has 1 aliphatic rings. The van der Waals surface area contributed by atoms with E-state index in [0.717, 1.165) is 45.7 Å². The second-order valence-corrected chi connectivity index (χ2v) is 5.76.